The molecule has 0 spiro atoms. The van der Waals surface area contributed by atoms with Gasteiger partial charge in [-0.15, -0.1) is 0 Å². The number of amides is 2. The number of aryl methyl sites for hydroxylation is 1. The third-order valence-electron chi connectivity index (χ3n) is 5.82. The summed E-state index contributed by atoms with van der Waals surface area (Å²) in [5.41, 5.74) is 3.67. The molecule has 2 aromatic rings. The molecule has 2 aliphatic heterocycles. The van der Waals surface area contributed by atoms with E-state index in [9.17, 15) is 9.59 Å². The zero-order chi connectivity index (χ0) is 20.4. The Balaban J connectivity index is 1.44. The van der Waals surface area contributed by atoms with E-state index in [0.29, 0.717) is 18.5 Å². The molecule has 1 atom stereocenters. The molecule has 1 fully saturated rings. The third kappa shape index (κ3) is 4.13. The van der Waals surface area contributed by atoms with Crippen LogP contribution < -0.4 is 4.74 Å². The zero-order valence-electron chi connectivity index (χ0n) is 17.1. The molecular weight excluding hydrogens is 368 g/mol. The average molecular weight is 396 g/mol. The van der Waals surface area contributed by atoms with Crippen LogP contribution in [0, 0.1) is 0 Å². The number of likely N-dealkylation sites (tertiary alicyclic amines) is 1. The van der Waals surface area contributed by atoms with Crippen molar-refractivity contribution in [1.29, 1.82) is 0 Å². The van der Waals surface area contributed by atoms with Crippen LogP contribution in [0.25, 0.3) is 0 Å². The Hall–Kier alpha value is -2.83. The van der Waals surface area contributed by atoms with Gasteiger partial charge >= 0.3 is 0 Å². The summed E-state index contributed by atoms with van der Waals surface area (Å²) >= 11 is 0. The smallest absolute Gasteiger partial charge is 0.256 e. The number of fused-ring (bicyclic) bond motifs is 1. The fourth-order valence-corrected chi connectivity index (χ4v) is 4.27. The molecule has 1 N–H and O–H groups in total. The van der Waals surface area contributed by atoms with Crippen LogP contribution in [0.2, 0.25) is 0 Å². The lowest BCUT2D eigenvalue weighted by atomic mass is 9.91. The summed E-state index contributed by atoms with van der Waals surface area (Å²) in [4.78, 5) is 28.9. The van der Waals surface area contributed by atoms with E-state index in [-0.39, 0.29) is 17.7 Å². The molecule has 154 valence electrons. The van der Waals surface area contributed by atoms with Gasteiger partial charge in [0.2, 0.25) is 5.91 Å². The molecule has 1 saturated heterocycles. The Kier molecular flexibility index (Phi) is 5.56. The molecule has 7 nitrogen and oxygen atoms in total. The van der Waals surface area contributed by atoms with Crippen molar-refractivity contribution >= 4 is 11.8 Å². The van der Waals surface area contributed by atoms with Gasteiger partial charge in [-0.1, -0.05) is 12.1 Å². The Labute approximate surface area is 171 Å². The number of hydrogen-bond acceptors (Lipinski definition) is 4. The number of nitrogens with zero attached hydrogens (tertiary/aromatic N) is 3. The molecule has 2 aliphatic rings. The fourth-order valence-electron chi connectivity index (χ4n) is 4.27. The number of nitrogens with one attached hydrogen (secondary N) is 1. The molecule has 0 radical (unpaired) electrons. The van der Waals surface area contributed by atoms with Gasteiger partial charge in [-0.25, -0.2) is 0 Å². The molecular formula is C22H28N4O3. The van der Waals surface area contributed by atoms with Crippen molar-refractivity contribution < 1.29 is 14.3 Å². The van der Waals surface area contributed by atoms with E-state index in [1.807, 2.05) is 17.0 Å². The first-order valence-corrected chi connectivity index (χ1v) is 10.3. The number of aromatic amines is 1. The van der Waals surface area contributed by atoms with Crippen molar-refractivity contribution in [1.82, 2.24) is 20.0 Å². The normalized spacial score (nSPS) is 18.7. The summed E-state index contributed by atoms with van der Waals surface area (Å²) < 4.78 is 5.67. The van der Waals surface area contributed by atoms with Crippen LogP contribution in [0.3, 0.4) is 0 Å². The highest BCUT2D eigenvalue weighted by molar-refractivity contribution is 5.95. The maximum absolute atomic E-state index is 13.0. The number of piperidine rings is 1. The lowest BCUT2D eigenvalue weighted by Crippen LogP contribution is -2.40. The molecule has 29 heavy (non-hydrogen) atoms. The highest BCUT2D eigenvalue weighted by Crippen LogP contribution is 2.29. The second-order valence-corrected chi connectivity index (χ2v) is 8.15. The van der Waals surface area contributed by atoms with Crippen LogP contribution in [-0.4, -0.2) is 65.6 Å². The summed E-state index contributed by atoms with van der Waals surface area (Å²) in [6.07, 6.45) is 5.88. The first-order chi connectivity index (χ1) is 14.0. The van der Waals surface area contributed by atoms with Gasteiger partial charge in [0.15, 0.2) is 0 Å². The van der Waals surface area contributed by atoms with Gasteiger partial charge in [-0.3, -0.25) is 14.7 Å². The lowest BCUT2D eigenvalue weighted by molar-refractivity contribution is -0.131. The van der Waals surface area contributed by atoms with Gasteiger partial charge < -0.3 is 14.5 Å². The van der Waals surface area contributed by atoms with E-state index >= 15 is 0 Å². The average Bonchev–Trinajstić information content (AvgIpc) is 3.23. The quantitative estimate of drug-likeness (QED) is 0.861. The Morgan fingerprint density at radius 1 is 1.31 bits per heavy atom. The molecule has 3 heterocycles. The largest absolute Gasteiger partial charge is 0.493 e. The molecule has 1 aromatic heterocycles. The number of hydrogen-bond donors (Lipinski definition) is 1. The van der Waals surface area contributed by atoms with Crippen LogP contribution in [0.1, 0.15) is 52.4 Å². The van der Waals surface area contributed by atoms with E-state index in [1.54, 1.807) is 25.2 Å². The number of carbonyl (C=O) groups excluding carboxylic acids is 2. The van der Waals surface area contributed by atoms with Crippen molar-refractivity contribution in [2.45, 2.75) is 38.0 Å². The minimum Gasteiger partial charge on any atom is -0.493 e. The van der Waals surface area contributed by atoms with Gasteiger partial charge in [-0.2, -0.15) is 5.10 Å². The van der Waals surface area contributed by atoms with E-state index in [1.165, 1.54) is 5.56 Å². The number of H-pyrrole nitrogens is 1. The van der Waals surface area contributed by atoms with Gasteiger partial charge in [0.25, 0.3) is 5.91 Å². The number of aromatic nitrogens is 2. The number of rotatable bonds is 4. The second-order valence-electron chi connectivity index (χ2n) is 8.15. The van der Waals surface area contributed by atoms with Gasteiger partial charge in [0.1, 0.15) is 5.75 Å². The second kappa shape index (κ2) is 8.27. The molecule has 0 bridgehead atoms. The minimum absolute atomic E-state index is 0.0616. The molecule has 0 saturated carbocycles. The van der Waals surface area contributed by atoms with E-state index in [0.717, 1.165) is 55.8 Å². The van der Waals surface area contributed by atoms with Crippen LogP contribution in [0.15, 0.2) is 24.4 Å². The van der Waals surface area contributed by atoms with Gasteiger partial charge in [0, 0.05) is 33.1 Å². The Morgan fingerprint density at radius 3 is 3.00 bits per heavy atom. The standard InChI is InChI=1S/C22H28N4O3/c1-25(2)22(28)18-13-23-24-21(18)17-5-3-9-26(14-17)20(27)12-15-7-8-19-16(11-15)6-4-10-29-19/h7-8,11,13,17H,3-6,9-10,12,14H2,1-2H3,(H,23,24). The van der Waals surface area contributed by atoms with Crippen LogP contribution in [-0.2, 0) is 17.6 Å². The minimum atomic E-state index is -0.0616. The van der Waals surface area contributed by atoms with Crippen molar-refractivity contribution in [3.05, 3.63) is 46.8 Å². The molecule has 4 rings (SSSR count). The van der Waals surface area contributed by atoms with Crippen molar-refractivity contribution in [2.24, 2.45) is 0 Å². The monoisotopic (exact) mass is 396 g/mol. The summed E-state index contributed by atoms with van der Waals surface area (Å²) in [5.74, 6) is 1.12. The molecule has 0 aliphatic carbocycles. The van der Waals surface area contributed by atoms with Crippen molar-refractivity contribution in [3.63, 3.8) is 0 Å². The van der Waals surface area contributed by atoms with Gasteiger partial charge in [0.05, 0.1) is 30.5 Å². The fraction of sp³-hybridized carbons (Fsp3) is 0.500. The molecule has 7 heteroatoms. The molecule has 1 aromatic carbocycles. The highest BCUT2D eigenvalue weighted by atomic mass is 16.5. The van der Waals surface area contributed by atoms with E-state index < -0.39 is 0 Å². The van der Waals surface area contributed by atoms with Crippen LogP contribution in [0.5, 0.6) is 5.75 Å². The summed E-state index contributed by atoms with van der Waals surface area (Å²) in [6, 6.07) is 6.09. The SMILES string of the molecule is CN(C)C(=O)c1cn[nH]c1C1CCCN(C(=O)Cc2ccc3c(c2)CCCO3)C1. The maximum atomic E-state index is 13.0. The van der Waals surface area contributed by atoms with Gasteiger partial charge in [-0.05, 0) is 42.9 Å². The topological polar surface area (TPSA) is 78.5 Å². The van der Waals surface area contributed by atoms with Crippen LogP contribution in [0.4, 0.5) is 0 Å². The summed E-state index contributed by atoms with van der Waals surface area (Å²) in [6.45, 7) is 2.14. The summed E-state index contributed by atoms with van der Waals surface area (Å²) in [7, 11) is 3.47. The van der Waals surface area contributed by atoms with Crippen molar-refractivity contribution in [2.75, 3.05) is 33.8 Å². The highest BCUT2D eigenvalue weighted by Gasteiger charge is 2.29. The van der Waals surface area contributed by atoms with Crippen LogP contribution >= 0.6 is 0 Å². The zero-order valence-corrected chi connectivity index (χ0v) is 17.1. The molecule has 1 unspecified atom stereocenters. The lowest BCUT2D eigenvalue weighted by Gasteiger charge is -2.33. The third-order valence-corrected chi connectivity index (χ3v) is 5.82. The number of ether oxygens (including phenoxy) is 1. The Morgan fingerprint density at radius 2 is 2.17 bits per heavy atom. The predicted octanol–water partition coefficient (Wildman–Crippen LogP) is 2.39. The van der Waals surface area contributed by atoms with Crippen molar-refractivity contribution in [3.8, 4) is 5.75 Å². The van der Waals surface area contributed by atoms with E-state index in [2.05, 4.69) is 16.3 Å². The Bertz CT molecular complexity index is 905. The predicted molar refractivity (Wildman–Crippen MR) is 109 cm³/mol. The number of carbonyl (C=O) groups is 2. The van der Waals surface area contributed by atoms with E-state index in [4.69, 9.17) is 4.74 Å². The summed E-state index contributed by atoms with van der Waals surface area (Å²) in [5, 5.41) is 7.10. The maximum Gasteiger partial charge on any atom is 0.256 e. The number of benzene rings is 1. The first-order valence-electron chi connectivity index (χ1n) is 10.3. The first kappa shape index (κ1) is 19.5. The molecule has 2 amide bonds.